The third-order valence-electron chi connectivity index (χ3n) is 18.9. The van der Waals surface area contributed by atoms with Crippen molar-refractivity contribution in [2.45, 2.75) is 44.7 Å². The Morgan fingerprint density at radius 2 is 0.670 bits per heavy atom. The molecular formula is C81H63N3O2Si2. The van der Waals surface area contributed by atoms with Crippen molar-refractivity contribution in [3.63, 3.8) is 0 Å². The van der Waals surface area contributed by atoms with Crippen LogP contribution in [0.1, 0.15) is 22.3 Å². The first-order valence-corrected chi connectivity index (χ1v) is 37.7. The molecule has 13 aromatic carbocycles. The quantitative estimate of drug-likeness (QED) is 0.135. The summed E-state index contributed by atoms with van der Waals surface area (Å²) in [5, 5.41) is 11.8. The Balaban J connectivity index is 1.04. The SMILES string of the molecule is C[Si](C)(C)c1ccc(N(c2cc3c(c4ccccc24)-c2c(cc(N(c4ccc([Si](C)(C)C)cc4)c4cccc5c4oc4ccccc45)c4ccccc24)C32c3ccccc3N(c3ccccc3)c3ccccc32)c2cccc3c2oc2ccccc23)cc1. The molecule has 0 fully saturated rings. The number of furan rings is 2. The van der Waals surface area contributed by atoms with E-state index in [2.05, 4.69) is 327 Å². The maximum absolute atomic E-state index is 7.07. The van der Waals surface area contributed by atoms with Crippen molar-refractivity contribution >= 4 is 143 Å². The fourth-order valence-corrected chi connectivity index (χ4v) is 17.2. The summed E-state index contributed by atoms with van der Waals surface area (Å²) in [5.74, 6) is 0. The summed E-state index contributed by atoms with van der Waals surface area (Å²) in [6.07, 6.45) is 0. The van der Waals surface area contributed by atoms with Gasteiger partial charge in [-0.2, -0.15) is 0 Å². The number of hydrogen-bond acceptors (Lipinski definition) is 5. The van der Waals surface area contributed by atoms with Gasteiger partial charge in [0.05, 0.1) is 55.7 Å². The van der Waals surface area contributed by atoms with E-state index in [0.29, 0.717) is 0 Å². The van der Waals surface area contributed by atoms with Crippen LogP contribution in [0.2, 0.25) is 39.3 Å². The van der Waals surface area contributed by atoms with Crippen LogP contribution in [0.4, 0.5) is 51.2 Å². The van der Waals surface area contributed by atoms with Crippen LogP contribution in [0.15, 0.2) is 282 Å². The van der Waals surface area contributed by atoms with Crippen molar-refractivity contribution in [1.82, 2.24) is 0 Å². The lowest BCUT2D eigenvalue weighted by Crippen LogP contribution is -2.37. The molecule has 0 saturated heterocycles. The highest BCUT2D eigenvalue weighted by Gasteiger charge is 2.54. The molecule has 0 radical (unpaired) electrons. The molecule has 0 bridgehead atoms. The second-order valence-corrected chi connectivity index (χ2v) is 36.1. The van der Waals surface area contributed by atoms with Gasteiger partial charge in [0.1, 0.15) is 11.2 Å². The van der Waals surface area contributed by atoms with E-state index in [1.165, 1.54) is 54.5 Å². The molecule has 2 aromatic heterocycles. The van der Waals surface area contributed by atoms with Crippen molar-refractivity contribution in [1.29, 1.82) is 0 Å². The minimum absolute atomic E-state index is 0.848. The van der Waals surface area contributed by atoms with Crippen LogP contribution in [0, 0.1) is 0 Å². The molecule has 3 heterocycles. The van der Waals surface area contributed by atoms with Crippen LogP contribution in [0.3, 0.4) is 0 Å². The van der Waals surface area contributed by atoms with Crippen molar-refractivity contribution < 1.29 is 8.83 Å². The minimum Gasteiger partial charge on any atom is -0.454 e. The normalized spacial score (nSPS) is 13.4. The Morgan fingerprint density at radius 3 is 1.10 bits per heavy atom. The van der Waals surface area contributed by atoms with Gasteiger partial charge in [0.2, 0.25) is 0 Å². The lowest BCUT2D eigenvalue weighted by molar-refractivity contribution is 0.669. The fourth-order valence-electron chi connectivity index (χ4n) is 14.9. The highest BCUT2D eigenvalue weighted by atomic mass is 28.3. The number of benzene rings is 13. The van der Waals surface area contributed by atoms with Gasteiger partial charge >= 0.3 is 0 Å². The number of hydrogen-bond donors (Lipinski definition) is 0. The molecular weight excluding hydrogens is 1100 g/mol. The van der Waals surface area contributed by atoms with Gasteiger partial charge in [-0.3, -0.25) is 0 Å². The smallest absolute Gasteiger partial charge is 0.159 e. The Kier molecular flexibility index (Phi) is 11.5. The average molecular weight is 1170 g/mol. The second-order valence-electron chi connectivity index (χ2n) is 26.0. The summed E-state index contributed by atoms with van der Waals surface area (Å²) >= 11 is 0. The molecule has 1 aliphatic heterocycles. The van der Waals surface area contributed by atoms with Crippen LogP contribution in [0.25, 0.3) is 76.5 Å². The lowest BCUT2D eigenvalue weighted by Gasteiger charge is -2.45. The van der Waals surface area contributed by atoms with E-state index in [4.69, 9.17) is 8.83 Å². The number of nitrogens with zero attached hydrogens (tertiary/aromatic N) is 3. The Labute approximate surface area is 514 Å². The molecule has 1 spiro atoms. The zero-order chi connectivity index (χ0) is 59.2. The molecule has 0 amide bonds. The van der Waals surface area contributed by atoms with Crippen molar-refractivity contribution in [3.8, 4) is 11.1 Å². The maximum Gasteiger partial charge on any atom is 0.159 e. The molecule has 5 nitrogen and oxygen atoms in total. The minimum atomic E-state index is -1.69. The predicted octanol–water partition coefficient (Wildman–Crippen LogP) is 22.0. The summed E-state index contributed by atoms with van der Waals surface area (Å²) in [6, 6.07) is 102. The van der Waals surface area contributed by atoms with E-state index in [1.807, 2.05) is 0 Å². The van der Waals surface area contributed by atoms with E-state index in [0.717, 1.165) is 106 Å². The molecule has 1 aliphatic carbocycles. The molecule has 15 aromatic rings. The zero-order valence-electron chi connectivity index (χ0n) is 50.1. The van der Waals surface area contributed by atoms with Gasteiger partial charge in [-0.1, -0.05) is 238 Å². The van der Waals surface area contributed by atoms with Gasteiger partial charge in [-0.05, 0) is 129 Å². The van der Waals surface area contributed by atoms with Crippen LogP contribution in [0.5, 0.6) is 0 Å². The van der Waals surface area contributed by atoms with Gasteiger partial charge in [0.25, 0.3) is 0 Å². The van der Waals surface area contributed by atoms with E-state index < -0.39 is 21.6 Å². The summed E-state index contributed by atoms with van der Waals surface area (Å²) < 4.78 is 14.1. The third-order valence-corrected chi connectivity index (χ3v) is 23.1. The molecule has 7 heteroatoms. The molecule has 0 atom stereocenters. The second kappa shape index (κ2) is 19.4. The van der Waals surface area contributed by atoms with Crippen LogP contribution < -0.4 is 25.1 Å². The first-order chi connectivity index (χ1) is 42.9. The van der Waals surface area contributed by atoms with Crippen molar-refractivity contribution in [3.05, 3.63) is 295 Å². The number of para-hydroxylation sites is 7. The molecule has 17 rings (SSSR count). The summed E-state index contributed by atoms with van der Waals surface area (Å²) in [7, 11) is -3.39. The van der Waals surface area contributed by atoms with E-state index in [9.17, 15) is 0 Å². The van der Waals surface area contributed by atoms with Crippen LogP contribution >= 0.6 is 0 Å². The molecule has 2 aliphatic rings. The van der Waals surface area contributed by atoms with Gasteiger partial charge in [-0.25, -0.2) is 0 Å². The van der Waals surface area contributed by atoms with Gasteiger partial charge in [0, 0.05) is 49.4 Å². The van der Waals surface area contributed by atoms with E-state index in [-0.39, 0.29) is 0 Å². The Bertz CT molecular complexity index is 5010. The van der Waals surface area contributed by atoms with Crippen molar-refractivity contribution in [2.24, 2.45) is 0 Å². The number of rotatable bonds is 9. The monoisotopic (exact) mass is 1170 g/mol. The summed E-state index contributed by atoms with van der Waals surface area (Å²) in [5.41, 5.74) is 19.4. The topological polar surface area (TPSA) is 36.0 Å². The fraction of sp³-hybridized carbons (Fsp3) is 0.0864. The first-order valence-electron chi connectivity index (χ1n) is 30.7. The predicted molar refractivity (Wildman–Crippen MR) is 377 cm³/mol. The standard InChI is InChI=1S/C81H63N3O2Si2/c1-87(2,3)55-46-42-53(43-47-55)83(71-38-22-32-63-59-28-14-20-40-75(59)85-79(63)71)73-50-67-77(61-30-12-10-26-57(61)73)78-62-31-13-11-27-58(62)74(51-68(78)81(67)65-34-16-18-36-69(65)82(52-24-8-7-9-25-52)70-37-19-17-35-66(70)81)84(54-44-48-56(49-45-54)88(4,5)6)72-39-23-33-64-60-29-15-21-41-76(60)86-80(64)72/h7-51H,1-6H3. The largest absolute Gasteiger partial charge is 0.454 e. The van der Waals surface area contributed by atoms with E-state index >= 15 is 0 Å². The van der Waals surface area contributed by atoms with Crippen LogP contribution in [-0.4, -0.2) is 16.1 Å². The molecule has 0 unspecified atom stereocenters. The highest BCUT2D eigenvalue weighted by Crippen LogP contribution is 2.67. The Hall–Kier alpha value is -10.2. The lowest BCUT2D eigenvalue weighted by atomic mass is 9.64. The van der Waals surface area contributed by atoms with Crippen molar-refractivity contribution in [2.75, 3.05) is 14.7 Å². The molecule has 88 heavy (non-hydrogen) atoms. The van der Waals surface area contributed by atoms with Crippen LogP contribution in [-0.2, 0) is 5.41 Å². The molecule has 422 valence electrons. The average Bonchev–Trinajstić information content (AvgIpc) is 1.45. The highest BCUT2D eigenvalue weighted by molar-refractivity contribution is 6.89. The van der Waals surface area contributed by atoms with E-state index in [1.54, 1.807) is 0 Å². The summed E-state index contributed by atoms with van der Waals surface area (Å²) in [4.78, 5) is 7.48. The molecule has 0 saturated carbocycles. The molecule has 0 N–H and O–H groups in total. The number of fused-ring (bicyclic) bond motifs is 19. The first kappa shape index (κ1) is 52.2. The third kappa shape index (κ3) is 7.63. The van der Waals surface area contributed by atoms with Gasteiger partial charge in [-0.15, -0.1) is 0 Å². The zero-order valence-corrected chi connectivity index (χ0v) is 52.1. The summed E-state index contributed by atoms with van der Waals surface area (Å²) in [6.45, 7) is 14.6. The van der Waals surface area contributed by atoms with Gasteiger partial charge < -0.3 is 23.5 Å². The Morgan fingerprint density at radius 1 is 0.307 bits per heavy atom. The maximum atomic E-state index is 7.07. The van der Waals surface area contributed by atoms with Gasteiger partial charge in [0.15, 0.2) is 11.2 Å². The number of anilines is 9.